The molecule has 2 aromatic rings. The zero-order valence-corrected chi connectivity index (χ0v) is 12.4. The summed E-state index contributed by atoms with van der Waals surface area (Å²) in [7, 11) is 0. The third-order valence-corrected chi connectivity index (χ3v) is 4.20. The Morgan fingerprint density at radius 2 is 1.95 bits per heavy atom. The van der Waals surface area contributed by atoms with E-state index in [1.165, 1.54) is 18.6 Å². The summed E-state index contributed by atoms with van der Waals surface area (Å²) < 4.78 is 18.9. The second kappa shape index (κ2) is 5.30. The highest BCUT2D eigenvalue weighted by Gasteiger charge is 2.36. The van der Waals surface area contributed by atoms with E-state index in [1.54, 1.807) is 0 Å². The molecule has 2 nitrogen and oxygen atoms in total. The van der Waals surface area contributed by atoms with E-state index >= 15 is 0 Å². The molecule has 106 valence electrons. The Bertz CT molecular complexity index is 618. The lowest BCUT2D eigenvalue weighted by Gasteiger charge is -2.09. The Morgan fingerprint density at radius 1 is 1.30 bits per heavy atom. The van der Waals surface area contributed by atoms with E-state index in [9.17, 15) is 4.39 Å². The Hall–Kier alpha value is -1.19. The van der Waals surface area contributed by atoms with Gasteiger partial charge in [0.25, 0.3) is 0 Å². The fourth-order valence-corrected chi connectivity index (χ4v) is 2.89. The van der Waals surface area contributed by atoms with Crippen molar-refractivity contribution >= 4 is 28.9 Å². The maximum absolute atomic E-state index is 13.1. The van der Waals surface area contributed by atoms with Gasteiger partial charge in [0.15, 0.2) is 0 Å². The van der Waals surface area contributed by atoms with Gasteiger partial charge in [0, 0.05) is 5.92 Å². The van der Waals surface area contributed by atoms with E-state index in [0.29, 0.717) is 24.1 Å². The van der Waals surface area contributed by atoms with Crippen molar-refractivity contribution in [1.82, 2.24) is 0 Å². The molecular formula is C15H14Cl2FNO. The number of nitrogens with one attached hydrogen (secondary N) is 1. The smallest absolute Gasteiger partial charge is 0.126 e. The quantitative estimate of drug-likeness (QED) is 0.810. The molecule has 1 aromatic heterocycles. The highest BCUT2D eigenvalue weighted by molar-refractivity contribution is 6.39. The van der Waals surface area contributed by atoms with Crippen LogP contribution in [-0.2, 0) is 6.54 Å². The van der Waals surface area contributed by atoms with Gasteiger partial charge in [0.05, 0.1) is 22.3 Å². The molecule has 1 N–H and O–H groups in total. The first-order chi connectivity index (χ1) is 9.54. The number of rotatable bonds is 4. The molecule has 2 atom stereocenters. The molecule has 0 radical (unpaired) electrons. The topological polar surface area (TPSA) is 25.2 Å². The van der Waals surface area contributed by atoms with Gasteiger partial charge in [-0.05, 0) is 36.6 Å². The summed E-state index contributed by atoms with van der Waals surface area (Å²) in [5.74, 6) is 2.67. The van der Waals surface area contributed by atoms with Crippen LogP contribution in [0.2, 0.25) is 10.0 Å². The van der Waals surface area contributed by atoms with Gasteiger partial charge < -0.3 is 9.73 Å². The van der Waals surface area contributed by atoms with E-state index < -0.39 is 5.82 Å². The van der Waals surface area contributed by atoms with Crippen molar-refractivity contribution in [3.05, 3.63) is 51.6 Å². The Morgan fingerprint density at radius 3 is 2.55 bits per heavy atom. The van der Waals surface area contributed by atoms with Crippen molar-refractivity contribution in [3.63, 3.8) is 0 Å². The van der Waals surface area contributed by atoms with E-state index in [-0.39, 0.29) is 10.0 Å². The van der Waals surface area contributed by atoms with Gasteiger partial charge in [-0.3, -0.25) is 0 Å². The van der Waals surface area contributed by atoms with Gasteiger partial charge in [-0.2, -0.15) is 0 Å². The van der Waals surface area contributed by atoms with E-state index in [4.69, 9.17) is 27.6 Å². The lowest BCUT2D eigenvalue weighted by molar-refractivity contribution is 0.468. The summed E-state index contributed by atoms with van der Waals surface area (Å²) in [4.78, 5) is 0. The van der Waals surface area contributed by atoms with Gasteiger partial charge in [-0.25, -0.2) is 4.39 Å². The van der Waals surface area contributed by atoms with Crippen molar-refractivity contribution in [3.8, 4) is 0 Å². The van der Waals surface area contributed by atoms with Crippen molar-refractivity contribution in [1.29, 1.82) is 0 Å². The number of benzene rings is 1. The van der Waals surface area contributed by atoms with E-state index in [0.717, 1.165) is 11.5 Å². The van der Waals surface area contributed by atoms with Crippen molar-refractivity contribution in [2.24, 2.45) is 5.92 Å². The molecule has 0 aliphatic heterocycles. The third-order valence-electron chi connectivity index (χ3n) is 3.60. The van der Waals surface area contributed by atoms with Crippen LogP contribution in [0, 0.1) is 11.7 Å². The number of halogens is 3. The second-order valence-electron chi connectivity index (χ2n) is 5.22. The molecule has 1 aliphatic carbocycles. The molecule has 1 aliphatic rings. The minimum Gasteiger partial charge on any atom is -0.464 e. The monoisotopic (exact) mass is 313 g/mol. The molecule has 1 aromatic carbocycles. The molecule has 1 fully saturated rings. The first-order valence-corrected chi connectivity index (χ1v) is 7.27. The molecule has 0 saturated heterocycles. The molecule has 2 unspecified atom stereocenters. The molecule has 20 heavy (non-hydrogen) atoms. The largest absolute Gasteiger partial charge is 0.464 e. The summed E-state index contributed by atoms with van der Waals surface area (Å²) in [6.07, 6.45) is 1.19. The fraction of sp³-hybridized carbons (Fsp3) is 0.333. The highest BCUT2D eigenvalue weighted by atomic mass is 35.5. The summed E-state index contributed by atoms with van der Waals surface area (Å²) >= 11 is 11.9. The van der Waals surface area contributed by atoms with Gasteiger partial charge in [0.1, 0.15) is 17.3 Å². The zero-order chi connectivity index (χ0) is 14.3. The predicted octanol–water partition coefficient (Wildman–Crippen LogP) is 5.46. The lowest BCUT2D eigenvalue weighted by Crippen LogP contribution is -2.00. The zero-order valence-electron chi connectivity index (χ0n) is 10.9. The fourth-order valence-electron chi connectivity index (χ4n) is 2.29. The van der Waals surface area contributed by atoms with Crippen molar-refractivity contribution in [2.75, 3.05) is 5.32 Å². The molecular weight excluding hydrogens is 300 g/mol. The second-order valence-corrected chi connectivity index (χ2v) is 6.04. The van der Waals surface area contributed by atoms with Crippen LogP contribution < -0.4 is 5.32 Å². The standard InChI is InChI=1S/C15H14Cl2FNO/c1-8-4-11(8)14-3-2-10(20-14)7-19-15-12(16)5-9(18)6-13(15)17/h2-3,5-6,8,11,19H,4,7H2,1H3. The molecule has 0 spiro atoms. The Balaban J connectivity index is 1.69. The van der Waals surface area contributed by atoms with Crippen molar-refractivity contribution in [2.45, 2.75) is 25.8 Å². The average Bonchev–Trinajstić information content (AvgIpc) is 2.92. The normalized spacial score (nSPS) is 21.0. The number of anilines is 1. The summed E-state index contributed by atoms with van der Waals surface area (Å²) in [5.41, 5.74) is 0.521. The SMILES string of the molecule is CC1CC1c1ccc(CNc2c(Cl)cc(F)cc2Cl)o1. The van der Waals surface area contributed by atoms with Crippen LogP contribution >= 0.6 is 23.2 Å². The first kappa shape index (κ1) is 13.8. The number of hydrogen-bond acceptors (Lipinski definition) is 2. The van der Waals surface area contributed by atoms with Crippen LogP contribution in [0.4, 0.5) is 10.1 Å². The molecule has 3 rings (SSSR count). The van der Waals surface area contributed by atoms with E-state index in [1.807, 2.05) is 12.1 Å². The van der Waals surface area contributed by atoms with Crippen LogP contribution in [0.25, 0.3) is 0 Å². The minimum absolute atomic E-state index is 0.262. The summed E-state index contributed by atoms with van der Waals surface area (Å²) in [5, 5.41) is 3.61. The first-order valence-electron chi connectivity index (χ1n) is 6.51. The third kappa shape index (κ3) is 2.79. The molecule has 5 heteroatoms. The molecule has 0 bridgehead atoms. The maximum atomic E-state index is 13.1. The predicted molar refractivity (Wildman–Crippen MR) is 79.0 cm³/mol. The summed E-state index contributed by atoms with van der Waals surface area (Å²) in [6.45, 7) is 2.68. The average molecular weight is 314 g/mol. The maximum Gasteiger partial charge on any atom is 0.126 e. The van der Waals surface area contributed by atoms with E-state index in [2.05, 4.69) is 12.2 Å². The Labute approximate surface area is 126 Å². The Kier molecular flexibility index (Phi) is 3.65. The van der Waals surface area contributed by atoms with Gasteiger partial charge >= 0.3 is 0 Å². The van der Waals surface area contributed by atoms with Crippen molar-refractivity contribution < 1.29 is 8.81 Å². The molecule has 1 saturated carbocycles. The van der Waals surface area contributed by atoms with Crippen LogP contribution in [-0.4, -0.2) is 0 Å². The number of hydrogen-bond donors (Lipinski definition) is 1. The van der Waals surface area contributed by atoms with Crippen LogP contribution in [0.3, 0.4) is 0 Å². The van der Waals surface area contributed by atoms with Crippen LogP contribution in [0.15, 0.2) is 28.7 Å². The highest BCUT2D eigenvalue weighted by Crippen LogP contribution is 2.47. The van der Waals surface area contributed by atoms with Gasteiger partial charge in [-0.1, -0.05) is 30.1 Å². The van der Waals surface area contributed by atoms with Gasteiger partial charge in [-0.15, -0.1) is 0 Å². The number of furan rings is 1. The lowest BCUT2D eigenvalue weighted by atomic mass is 10.3. The van der Waals surface area contributed by atoms with Crippen LogP contribution in [0.1, 0.15) is 30.8 Å². The molecule has 0 amide bonds. The van der Waals surface area contributed by atoms with Gasteiger partial charge in [0.2, 0.25) is 0 Å². The molecule has 1 heterocycles. The summed E-state index contributed by atoms with van der Waals surface area (Å²) in [6, 6.07) is 6.42. The minimum atomic E-state index is -0.450. The van der Waals surface area contributed by atoms with Crippen LogP contribution in [0.5, 0.6) is 0 Å².